The van der Waals surface area contributed by atoms with Crippen LogP contribution in [-0.2, 0) is 0 Å². The lowest BCUT2D eigenvalue weighted by Crippen LogP contribution is -2.36. The summed E-state index contributed by atoms with van der Waals surface area (Å²) in [5.74, 6) is 5.95. The molecule has 0 atom stereocenters. The number of hydrogen-bond donors (Lipinski definition) is 3. The van der Waals surface area contributed by atoms with Crippen molar-refractivity contribution in [2.75, 3.05) is 11.9 Å². The Balaban J connectivity index is 2.77. The molecule has 0 heterocycles. The van der Waals surface area contributed by atoms with Gasteiger partial charge in [0.2, 0.25) is 5.96 Å². The summed E-state index contributed by atoms with van der Waals surface area (Å²) in [5, 5.41) is 3.76. The van der Waals surface area contributed by atoms with Crippen molar-refractivity contribution in [3.8, 4) is 0 Å². The Labute approximate surface area is 107 Å². The Bertz CT molecular complexity index is 370. The van der Waals surface area contributed by atoms with Crippen LogP contribution in [0.2, 0.25) is 5.02 Å². The molecule has 0 fully saturated rings. The van der Waals surface area contributed by atoms with Crippen LogP contribution < -0.4 is 16.6 Å². The van der Waals surface area contributed by atoms with Crippen LogP contribution in [-0.4, -0.2) is 12.5 Å². The molecule has 0 saturated carbocycles. The van der Waals surface area contributed by atoms with Crippen LogP contribution in [0.4, 0.5) is 5.69 Å². The highest BCUT2D eigenvalue weighted by molar-refractivity contribution is 6.33. The number of aryl methyl sites for hydroxylation is 1. The van der Waals surface area contributed by atoms with Gasteiger partial charge in [-0.15, -0.1) is 0 Å². The number of rotatable bonds is 4. The van der Waals surface area contributed by atoms with E-state index in [1.54, 1.807) is 0 Å². The molecule has 1 aromatic rings. The van der Waals surface area contributed by atoms with Gasteiger partial charge in [-0.2, -0.15) is 0 Å². The van der Waals surface area contributed by atoms with Crippen molar-refractivity contribution in [2.24, 2.45) is 10.8 Å². The molecule has 0 aliphatic carbocycles. The Morgan fingerprint density at radius 3 is 2.82 bits per heavy atom. The smallest absolute Gasteiger partial charge is 0.210 e. The number of nitrogens with two attached hydrogens (primary N) is 1. The number of nitrogens with zero attached hydrogens (tertiary/aromatic N) is 1. The number of aliphatic imine (C=N–C) groups is 1. The van der Waals surface area contributed by atoms with Crippen molar-refractivity contribution in [3.05, 3.63) is 28.8 Å². The fourth-order valence-corrected chi connectivity index (χ4v) is 1.65. The van der Waals surface area contributed by atoms with Gasteiger partial charge in [0.25, 0.3) is 0 Å². The van der Waals surface area contributed by atoms with Gasteiger partial charge in [0, 0.05) is 6.54 Å². The summed E-state index contributed by atoms with van der Waals surface area (Å²) in [5.41, 5.74) is 4.43. The first kappa shape index (κ1) is 13.8. The zero-order valence-corrected chi connectivity index (χ0v) is 11.0. The lowest BCUT2D eigenvalue weighted by atomic mass is 10.2. The second kappa shape index (κ2) is 7.14. The molecule has 17 heavy (non-hydrogen) atoms. The molecule has 0 radical (unpaired) electrons. The second-order valence-corrected chi connectivity index (χ2v) is 4.19. The zero-order chi connectivity index (χ0) is 12.7. The third-order valence-electron chi connectivity index (χ3n) is 2.38. The van der Waals surface area contributed by atoms with E-state index in [0.717, 1.165) is 30.6 Å². The number of para-hydroxylation sites is 1. The lowest BCUT2D eigenvalue weighted by Gasteiger charge is -2.12. The average Bonchev–Trinajstić information content (AvgIpc) is 2.32. The summed E-state index contributed by atoms with van der Waals surface area (Å²) in [4.78, 5) is 4.32. The molecular weight excluding hydrogens is 236 g/mol. The van der Waals surface area contributed by atoms with E-state index in [1.807, 2.05) is 25.1 Å². The van der Waals surface area contributed by atoms with Gasteiger partial charge >= 0.3 is 0 Å². The Kier molecular flexibility index (Phi) is 5.80. The molecular formula is C12H19ClN4. The predicted octanol–water partition coefficient (Wildman–Crippen LogP) is 2.68. The topological polar surface area (TPSA) is 62.4 Å². The molecule has 0 spiro atoms. The number of nitrogens with one attached hydrogen (secondary N) is 2. The van der Waals surface area contributed by atoms with E-state index in [0.29, 0.717) is 11.0 Å². The monoisotopic (exact) mass is 254 g/mol. The highest BCUT2D eigenvalue weighted by atomic mass is 35.5. The fraction of sp³-hybridized carbons (Fsp3) is 0.417. The third-order valence-corrected chi connectivity index (χ3v) is 2.70. The van der Waals surface area contributed by atoms with Gasteiger partial charge in [0.05, 0.1) is 10.7 Å². The van der Waals surface area contributed by atoms with Gasteiger partial charge in [-0.05, 0) is 25.0 Å². The second-order valence-electron chi connectivity index (χ2n) is 3.78. The zero-order valence-electron chi connectivity index (χ0n) is 10.3. The van der Waals surface area contributed by atoms with Crippen molar-refractivity contribution < 1.29 is 0 Å². The van der Waals surface area contributed by atoms with Gasteiger partial charge in [0.1, 0.15) is 0 Å². The molecule has 0 saturated heterocycles. The lowest BCUT2D eigenvalue weighted by molar-refractivity contribution is 0.801. The molecule has 5 heteroatoms. The summed E-state index contributed by atoms with van der Waals surface area (Å²) in [7, 11) is 0. The number of hydrogen-bond acceptors (Lipinski definition) is 2. The quantitative estimate of drug-likeness (QED) is 0.255. The van der Waals surface area contributed by atoms with Crippen LogP contribution in [0, 0.1) is 6.92 Å². The first-order valence-corrected chi connectivity index (χ1v) is 6.10. The first-order valence-electron chi connectivity index (χ1n) is 5.72. The molecule has 1 rings (SSSR count). The highest BCUT2D eigenvalue weighted by Crippen LogP contribution is 2.24. The maximum absolute atomic E-state index is 6.11. The van der Waals surface area contributed by atoms with E-state index >= 15 is 0 Å². The van der Waals surface area contributed by atoms with Crippen LogP contribution in [0.25, 0.3) is 0 Å². The van der Waals surface area contributed by atoms with E-state index in [2.05, 4.69) is 22.7 Å². The standard InChI is InChI=1S/C12H19ClN4/c1-3-4-8-15-12(17-14)16-11-9(2)6-5-7-10(11)13/h5-7H,3-4,8,14H2,1-2H3,(H2,15,16,17). The van der Waals surface area contributed by atoms with Gasteiger partial charge in [-0.25, -0.2) is 5.84 Å². The van der Waals surface area contributed by atoms with E-state index in [4.69, 9.17) is 17.4 Å². The number of benzene rings is 1. The minimum absolute atomic E-state index is 0.537. The molecule has 0 bridgehead atoms. The summed E-state index contributed by atoms with van der Waals surface area (Å²) in [6.45, 7) is 4.84. The van der Waals surface area contributed by atoms with Crippen LogP contribution in [0.15, 0.2) is 23.2 Å². The van der Waals surface area contributed by atoms with E-state index < -0.39 is 0 Å². The summed E-state index contributed by atoms with van der Waals surface area (Å²) in [6.07, 6.45) is 2.14. The van der Waals surface area contributed by atoms with E-state index in [-0.39, 0.29) is 0 Å². The average molecular weight is 255 g/mol. The molecule has 1 aromatic carbocycles. The van der Waals surface area contributed by atoms with Gasteiger partial charge in [-0.1, -0.05) is 37.1 Å². The Morgan fingerprint density at radius 1 is 1.47 bits per heavy atom. The van der Waals surface area contributed by atoms with E-state index in [1.165, 1.54) is 0 Å². The molecule has 0 aromatic heterocycles. The molecule has 0 aliphatic heterocycles. The van der Waals surface area contributed by atoms with Gasteiger partial charge < -0.3 is 5.32 Å². The fourth-order valence-electron chi connectivity index (χ4n) is 1.38. The molecule has 0 unspecified atom stereocenters. The van der Waals surface area contributed by atoms with E-state index in [9.17, 15) is 0 Å². The predicted molar refractivity (Wildman–Crippen MR) is 74.3 cm³/mol. The Morgan fingerprint density at radius 2 is 2.24 bits per heavy atom. The molecule has 4 nitrogen and oxygen atoms in total. The number of halogens is 1. The first-order chi connectivity index (χ1) is 8.19. The van der Waals surface area contributed by atoms with Crippen LogP contribution >= 0.6 is 11.6 Å². The summed E-state index contributed by atoms with van der Waals surface area (Å²) in [6, 6.07) is 5.72. The molecule has 0 amide bonds. The van der Waals surface area contributed by atoms with Crippen molar-refractivity contribution in [1.29, 1.82) is 0 Å². The minimum atomic E-state index is 0.537. The van der Waals surface area contributed by atoms with Crippen LogP contribution in [0.3, 0.4) is 0 Å². The van der Waals surface area contributed by atoms with Crippen molar-refractivity contribution in [1.82, 2.24) is 5.43 Å². The largest absolute Gasteiger partial charge is 0.324 e. The minimum Gasteiger partial charge on any atom is -0.324 e. The maximum Gasteiger partial charge on any atom is 0.210 e. The number of anilines is 1. The normalized spacial score (nSPS) is 11.4. The molecule has 94 valence electrons. The van der Waals surface area contributed by atoms with Crippen molar-refractivity contribution >= 4 is 23.2 Å². The SMILES string of the molecule is CCCCN=C(NN)Nc1c(C)cccc1Cl. The maximum atomic E-state index is 6.11. The number of guanidine groups is 1. The number of hydrazine groups is 1. The summed E-state index contributed by atoms with van der Waals surface area (Å²) < 4.78 is 0. The van der Waals surface area contributed by atoms with Gasteiger partial charge in [-0.3, -0.25) is 10.4 Å². The molecule has 4 N–H and O–H groups in total. The van der Waals surface area contributed by atoms with Crippen LogP contribution in [0.5, 0.6) is 0 Å². The van der Waals surface area contributed by atoms with Gasteiger partial charge in [0.15, 0.2) is 0 Å². The number of unbranched alkanes of at least 4 members (excludes halogenated alkanes) is 1. The summed E-state index contributed by atoms with van der Waals surface area (Å²) >= 11 is 6.11. The Hall–Kier alpha value is -1.26. The third kappa shape index (κ3) is 4.24. The van der Waals surface area contributed by atoms with Crippen molar-refractivity contribution in [2.45, 2.75) is 26.7 Å². The van der Waals surface area contributed by atoms with Crippen molar-refractivity contribution in [3.63, 3.8) is 0 Å². The highest BCUT2D eigenvalue weighted by Gasteiger charge is 2.05. The molecule has 0 aliphatic rings. The van der Waals surface area contributed by atoms with Crippen LogP contribution in [0.1, 0.15) is 25.3 Å².